The van der Waals surface area contributed by atoms with Gasteiger partial charge in [0.05, 0.1) is 6.04 Å². The summed E-state index contributed by atoms with van der Waals surface area (Å²) in [5.41, 5.74) is 1.20. The predicted molar refractivity (Wildman–Crippen MR) is 81.6 cm³/mol. The molecular formula is C17H20N2O2. The third-order valence-corrected chi connectivity index (χ3v) is 4.01. The Labute approximate surface area is 124 Å². The van der Waals surface area contributed by atoms with Crippen molar-refractivity contribution < 1.29 is 9.21 Å². The van der Waals surface area contributed by atoms with Gasteiger partial charge in [0.2, 0.25) is 5.91 Å². The number of furan rings is 1. The Bertz CT molecular complexity index is 666. The van der Waals surface area contributed by atoms with Crippen LogP contribution in [0.2, 0.25) is 0 Å². The average molecular weight is 284 g/mol. The molecule has 4 nitrogen and oxygen atoms in total. The lowest BCUT2D eigenvalue weighted by molar-refractivity contribution is -0.126. The molecule has 3 rings (SSSR count). The van der Waals surface area contributed by atoms with Crippen LogP contribution in [0.25, 0.3) is 6.08 Å². The lowest BCUT2D eigenvalue weighted by Crippen LogP contribution is -2.29. The molecule has 1 fully saturated rings. The van der Waals surface area contributed by atoms with Crippen LogP contribution < -0.4 is 0 Å². The maximum atomic E-state index is 12.4. The number of rotatable bonds is 3. The van der Waals surface area contributed by atoms with Crippen LogP contribution >= 0.6 is 0 Å². The molecule has 21 heavy (non-hydrogen) atoms. The first-order valence-electron chi connectivity index (χ1n) is 7.31. The van der Waals surface area contributed by atoms with Crippen molar-refractivity contribution in [2.45, 2.75) is 25.8 Å². The highest BCUT2D eigenvalue weighted by atomic mass is 16.3. The summed E-state index contributed by atoms with van der Waals surface area (Å²) in [6.45, 7) is 2.71. The topological polar surface area (TPSA) is 38.4 Å². The number of aromatic nitrogens is 1. The largest absolute Gasteiger partial charge is 0.462 e. The van der Waals surface area contributed by atoms with Gasteiger partial charge in [0.25, 0.3) is 0 Å². The van der Waals surface area contributed by atoms with Gasteiger partial charge < -0.3 is 13.9 Å². The van der Waals surface area contributed by atoms with E-state index in [0.29, 0.717) is 0 Å². The molecule has 3 heterocycles. The van der Waals surface area contributed by atoms with Gasteiger partial charge in [0.15, 0.2) is 0 Å². The second-order valence-corrected chi connectivity index (χ2v) is 5.52. The zero-order valence-corrected chi connectivity index (χ0v) is 12.5. The van der Waals surface area contributed by atoms with Gasteiger partial charge in [0, 0.05) is 31.6 Å². The third kappa shape index (κ3) is 2.79. The molecule has 4 heteroatoms. The molecule has 1 aliphatic rings. The van der Waals surface area contributed by atoms with Gasteiger partial charge in [-0.15, -0.1) is 0 Å². The van der Waals surface area contributed by atoms with Crippen LogP contribution in [-0.4, -0.2) is 21.9 Å². The molecule has 0 radical (unpaired) electrons. The number of hydrogen-bond donors (Lipinski definition) is 0. The lowest BCUT2D eigenvalue weighted by atomic mass is 10.1. The summed E-state index contributed by atoms with van der Waals surface area (Å²) in [6, 6.07) is 8.07. The van der Waals surface area contributed by atoms with Crippen LogP contribution in [0, 0.1) is 6.92 Å². The SMILES string of the molecule is Cc1ccc(/C=C\C(=O)N2CCC[C@@H]2c2cccn2C)o1. The van der Waals surface area contributed by atoms with E-state index in [1.807, 2.05) is 43.3 Å². The Kier molecular flexibility index (Phi) is 3.69. The molecule has 1 saturated heterocycles. The fourth-order valence-corrected chi connectivity index (χ4v) is 2.95. The second-order valence-electron chi connectivity index (χ2n) is 5.52. The summed E-state index contributed by atoms with van der Waals surface area (Å²) in [7, 11) is 2.03. The normalized spacial score (nSPS) is 18.8. The average Bonchev–Trinajstić information content (AvgIpc) is 3.16. The maximum absolute atomic E-state index is 12.4. The third-order valence-electron chi connectivity index (χ3n) is 4.01. The van der Waals surface area contributed by atoms with E-state index in [2.05, 4.69) is 10.6 Å². The van der Waals surface area contributed by atoms with Crippen LogP contribution in [0.15, 0.2) is 41.0 Å². The van der Waals surface area contributed by atoms with E-state index in [1.54, 1.807) is 12.2 Å². The van der Waals surface area contributed by atoms with Crippen LogP contribution in [-0.2, 0) is 11.8 Å². The Balaban J connectivity index is 1.74. The van der Waals surface area contributed by atoms with Crippen molar-refractivity contribution in [2.75, 3.05) is 6.54 Å². The van der Waals surface area contributed by atoms with Gasteiger partial charge in [-0.25, -0.2) is 0 Å². The molecule has 0 spiro atoms. The number of nitrogens with zero attached hydrogens (tertiary/aromatic N) is 2. The molecule has 0 bridgehead atoms. The standard InChI is InChI=1S/C17H20N2O2/c1-13-7-8-14(21-13)9-10-17(20)19-12-4-6-16(19)15-5-3-11-18(15)2/h3,5,7-11,16H,4,6,12H2,1-2H3/b10-9-/t16-/m1/s1. The van der Waals surface area contributed by atoms with Crippen molar-refractivity contribution in [1.29, 1.82) is 0 Å². The molecule has 2 aromatic rings. The summed E-state index contributed by atoms with van der Waals surface area (Å²) in [5.74, 6) is 1.62. The summed E-state index contributed by atoms with van der Waals surface area (Å²) < 4.78 is 7.55. The molecule has 0 unspecified atom stereocenters. The molecule has 1 amide bonds. The zero-order valence-electron chi connectivity index (χ0n) is 12.5. The van der Waals surface area contributed by atoms with E-state index in [4.69, 9.17) is 4.42 Å². The summed E-state index contributed by atoms with van der Waals surface area (Å²) >= 11 is 0. The van der Waals surface area contributed by atoms with Gasteiger partial charge in [-0.05, 0) is 50.1 Å². The van der Waals surface area contributed by atoms with Crippen LogP contribution in [0.4, 0.5) is 0 Å². The quantitative estimate of drug-likeness (QED) is 0.811. The van der Waals surface area contributed by atoms with E-state index in [0.717, 1.165) is 30.9 Å². The molecule has 1 aliphatic heterocycles. The highest BCUT2D eigenvalue weighted by Gasteiger charge is 2.30. The number of amides is 1. The fourth-order valence-electron chi connectivity index (χ4n) is 2.95. The molecule has 110 valence electrons. The van der Waals surface area contributed by atoms with Crippen molar-refractivity contribution in [3.8, 4) is 0 Å². The van der Waals surface area contributed by atoms with Crippen molar-refractivity contribution in [1.82, 2.24) is 9.47 Å². The number of aryl methyl sites for hydroxylation is 2. The fraction of sp³-hybridized carbons (Fsp3) is 0.353. The Morgan fingerprint density at radius 2 is 2.24 bits per heavy atom. The smallest absolute Gasteiger partial charge is 0.247 e. The molecule has 1 atom stereocenters. The molecule has 2 aromatic heterocycles. The van der Waals surface area contributed by atoms with Crippen molar-refractivity contribution in [3.63, 3.8) is 0 Å². The van der Waals surface area contributed by atoms with E-state index in [9.17, 15) is 4.79 Å². The van der Waals surface area contributed by atoms with Gasteiger partial charge in [-0.1, -0.05) is 0 Å². The first-order chi connectivity index (χ1) is 10.1. The van der Waals surface area contributed by atoms with Gasteiger partial charge in [-0.2, -0.15) is 0 Å². The van der Waals surface area contributed by atoms with Crippen LogP contribution in [0.1, 0.15) is 36.1 Å². The van der Waals surface area contributed by atoms with E-state index < -0.39 is 0 Å². The Hall–Kier alpha value is -2.23. The minimum absolute atomic E-state index is 0.0488. The van der Waals surface area contributed by atoms with Gasteiger partial charge in [0.1, 0.15) is 11.5 Å². The number of likely N-dealkylation sites (tertiary alicyclic amines) is 1. The summed E-state index contributed by atoms with van der Waals surface area (Å²) in [4.78, 5) is 14.4. The first-order valence-corrected chi connectivity index (χ1v) is 7.31. The van der Waals surface area contributed by atoms with E-state index in [1.165, 1.54) is 5.69 Å². The molecule has 0 saturated carbocycles. The Morgan fingerprint density at radius 3 is 2.90 bits per heavy atom. The predicted octanol–water partition coefficient (Wildman–Crippen LogP) is 3.30. The minimum atomic E-state index is 0.0488. The van der Waals surface area contributed by atoms with Crippen LogP contribution in [0.5, 0.6) is 0 Å². The van der Waals surface area contributed by atoms with Crippen molar-refractivity contribution >= 4 is 12.0 Å². The highest BCUT2D eigenvalue weighted by Crippen LogP contribution is 2.32. The van der Waals surface area contributed by atoms with Crippen LogP contribution in [0.3, 0.4) is 0 Å². The molecular weight excluding hydrogens is 264 g/mol. The number of hydrogen-bond acceptors (Lipinski definition) is 2. The van der Waals surface area contributed by atoms with Gasteiger partial charge >= 0.3 is 0 Å². The van der Waals surface area contributed by atoms with E-state index >= 15 is 0 Å². The number of carbonyl (C=O) groups excluding carboxylic acids is 1. The highest BCUT2D eigenvalue weighted by molar-refractivity contribution is 5.91. The van der Waals surface area contributed by atoms with Crippen molar-refractivity contribution in [3.05, 3.63) is 53.8 Å². The Morgan fingerprint density at radius 1 is 1.38 bits per heavy atom. The number of carbonyl (C=O) groups is 1. The van der Waals surface area contributed by atoms with E-state index in [-0.39, 0.29) is 11.9 Å². The zero-order chi connectivity index (χ0) is 14.8. The second kappa shape index (κ2) is 5.64. The van der Waals surface area contributed by atoms with Crippen molar-refractivity contribution in [2.24, 2.45) is 7.05 Å². The molecule has 0 aromatic carbocycles. The monoisotopic (exact) mass is 284 g/mol. The lowest BCUT2D eigenvalue weighted by Gasteiger charge is -2.24. The molecule has 0 aliphatic carbocycles. The minimum Gasteiger partial charge on any atom is -0.462 e. The molecule has 0 N–H and O–H groups in total. The van der Waals surface area contributed by atoms with Gasteiger partial charge in [-0.3, -0.25) is 4.79 Å². The first kappa shape index (κ1) is 13.7. The maximum Gasteiger partial charge on any atom is 0.247 e. The summed E-state index contributed by atoms with van der Waals surface area (Å²) in [5, 5.41) is 0. The summed E-state index contributed by atoms with van der Waals surface area (Å²) in [6.07, 6.45) is 7.46.